The van der Waals surface area contributed by atoms with Crippen molar-refractivity contribution in [3.05, 3.63) is 35.6 Å². The van der Waals surface area contributed by atoms with Gasteiger partial charge in [-0.2, -0.15) is 0 Å². The molecule has 0 heterocycles. The van der Waals surface area contributed by atoms with E-state index in [0.29, 0.717) is 6.54 Å². The average molecular weight is 207 g/mol. The molecule has 1 aliphatic rings. The Balaban J connectivity index is 1.95. The molecular weight excluding hydrogens is 189 g/mol. The fourth-order valence-electron chi connectivity index (χ4n) is 2.28. The Kier molecular flexibility index (Phi) is 3.06. The van der Waals surface area contributed by atoms with Crippen molar-refractivity contribution < 1.29 is 4.39 Å². The van der Waals surface area contributed by atoms with Crippen LogP contribution in [-0.4, -0.2) is 5.54 Å². The van der Waals surface area contributed by atoms with Crippen molar-refractivity contribution >= 4 is 0 Å². The monoisotopic (exact) mass is 207 g/mol. The number of rotatable bonds is 3. The lowest BCUT2D eigenvalue weighted by atomic mass is 10.0. The summed E-state index contributed by atoms with van der Waals surface area (Å²) in [5.74, 6) is -0.105. The first kappa shape index (κ1) is 10.6. The number of benzene rings is 1. The molecule has 1 saturated carbocycles. The summed E-state index contributed by atoms with van der Waals surface area (Å²) in [4.78, 5) is 0. The van der Waals surface area contributed by atoms with E-state index in [4.69, 9.17) is 0 Å². The molecule has 1 aliphatic carbocycles. The molecule has 0 saturated heterocycles. The third-order valence-corrected chi connectivity index (χ3v) is 3.37. The molecular formula is C13H18FN. The zero-order chi connectivity index (χ0) is 10.7. The van der Waals surface area contributed by atoms with Crippen LogP contribution in [0.3, 0.4) is 0 Å². The van der Waals surface area contributed by atoms with Crippen LogP contribution in [-0.2, 0) is 6.54 Å². The second-order valence-corrected chi connectivity index (χ2v) is 4.71. The van der Waals surface area contributed by atoms with E-state index >= 15 is 0 Å². The lowest BCUT2D eigenvalue weighted by Crippen LogP contribution is -2.38. The Morgan fingerprint density at radius 2 is 1.93 bits per heavy atom. The van der Waals surface area contributed by atoms with Crippen LogP contribution in [0.25, 0.3) is 0 Å². The molecule has 1 nitrogen and oxygen atoms in total. The summed E-state index contributed by atoms with van der Waals surface area (Å²) in [6, 6.07) is 6.99. The first-order valence-electron chi connectivity index (χ1n) is 5.68. The summed E-state index contributed by atoms with van der Waals surface area (Å²) in [6.07, 6.45) is 5.00. The highest BCUT2D eigenvalue weighted by atomic mass is 19.1. The van der Waals surface area contributed by atoms with Gasteiger partial charge in [0.15, 0.2) is 0 Å². The van der Waals surface area contributed by atoms with Gasteiger partial charge >= 0.3 is 0 Å². The van der Waals surface area contributed by atoms with Crippen molar-refractivity contribution in [1.29, 1.82) is 0 Å². The summed E-state index contributed by atoms with van der Waals surface area (Å²) in [5, 5.41) is 3.48. The van der Waals surface area contributed by atoms with E-state index in [1.807, 2.05) is 12.1 Å². The van der Waals surface area contributed by atoms with Gasteiger partial charge in [0.2, 0.25) is 0 Å². The Bertz CT molecular complexity index is 329. The second kappa shape index (κ2) is 4.31. The predicted octanol–water partition coefficient (Wildman–Crippen LogP) is 3.25. The standard InChI is InChI=1S/C13H18FN/c1-13(8-4-5-9-13)15-10-11-6-2-3-7-12(11)14/h2-3,6-7,15H,4-5,8-10H2,1H3. The molecule has 0 aliphatic heterocycles. The van der Waals surface area contributed by atoms with E-state index in [1.165, 1.54) is 31.7 Å². The Morgan fingerprint density at radius 3 is 2.60 bits per heavy atom. The molecule has 0 spiro atoms. The van der Waals surface area contributed by atoms with Crippen molar-refractivity contribution in [1.82, 2.24) is 5.32 Å². The largest absolute Gasteiger partial charge is 0.307 e. The molecule has 2 rings (SSSR count). The van der Waals surface area contributed by atoms with E-state index in [0.717, 1.165) is 5.56 Å². The van der Waals surface area contributed by atoms with Crippen molar-refractivity contribution in [3.8, 4) is 0 Å². The van der Waals surface area contributed by atoms with Crippen LogP contribution in [0, 0.1) is 5.82 Å². The summed E-state index contributed by atoms with van der Waals surface area (Å²) < 4.78 is 13.3. The number of hydrogen-bond donors (Lipinski definition) is 1. The van der Waals surface area contributed by atoms with Crippen LogP contribution in [0.4, 0.5) is 4.39 Å². The van der Waals surface area contributed by atoms with Crippen LogP contribution in [0.15, 0.2) is 24.3 Å². The van der Waals surface area contributed by atoms with E-state index in [2.05, 4.69) is 12.2 Å². The molecule has 1 aromatic carbocycles. The normalized spacial score (nSPS) is 19.3. The van der Waals surface area contributed by atoms with Crippen LogP contribution >= 0.6 is 0 Å². The van der Waals surface area contributed by atoms with Gasteiger partial charge in [-0.25, -0.2) is 4.39 Å². The highest BCUT2D eigenvalue weighted by molar-refractivity contribution is 5.17. The van der Waals surface area contributed by atoms with Gasteiger partial charge in [0.1, 0.15) is 5.82 Å². The van der Waals surface area contributed by atoms with Gasteiger partial charge in [0.25, 0.3) is 0 Å². The SMILES string of the molecule is CC1(NCc2ccccc2F)CCCC1. The van der Waals surface area contributed by atoms with Gasteiger partial charge in [-0.15, -0.1) is 0 Å². The molecule has 0 bridgehead atoms. The van der Waals surface area contributed by atoms with E-state index < -0.39 is 0 Å². The van der Waals surface area contributed by atoms with Crippen LogP contribution in [0.2, 0.25) is 0 Å². The van der Waals surface area contributed by atoms with Crippen LogP contribution in [0.1, 0.15) is 38.2 Å². The van der Waals surface area contributed by atoms with Crippen molar-refractivity contribution in [2.45, 2.75) is 44.7 Å². The van der Waals surface area contributed by atoms with Crippen molar-refractivity contribution in [2.24, 2.45) is 0 Å². The average Bonchev–Trinajstić information content (AvgIpc) is 2.65. The molecule has 1 N–H and O–H groups in total. The Hall–Kier alpha value is -0.890. The maximum atomic E-state index is 13.3. The third kappa shape index (κ3) is 2.57. The zero-order valence-electron chi connectivity index (χ0n) is 9.22. The predicted molar refractivity (Wildman–Crippen MR) is 60.1 cm³/mol. The lowest BCUT2D eigenvalue weighted by molar-refractivity contribution is 0.359. The summed E-state index contributed by atoms with van der Waals surface area (Å²) >= 11 is 0. The molecule has 82 valence electrons. The van der Waals surface area contributed by atoms with Gasteiger partial charge in [0.05, 0.1) is 0 Å². The lowest BCUT2D eigenvalue weighted by Gasteiger charge is -2.25. The maximum absolute atomic E-state index is 13.3. The first-order valence-corrected chi connectivity index (χ1v) is 5.68. The number of hydrogen-bond acceptors (Lipinski definition) is 1. The van der Waals surface area contributed by atoms with Gasteiger partial charge in [-0.3, -0.25) is 0 Å². The van der Waals surface area contributed by atoms with Crippen molar-refractivity contribution in [3.63, 3.8) is 0 Å². The molecule has 15 heavy (non-hydrogen) atoms. The maximum Gasteiger partial charge on any atom is 0.127 e. The molecule has 1 fully saturated rings. The van der Waals surface area contributed by atoms with Gasteiger partial charge in [0, 0.05) is 17.6 Å². The van der Waals surface area contributed by atoms with Crippen LogP contribution in [0.5, 0.6) is 0 Å². The topological polar surface area (TPSA) is 12.0 Å². The Labute approximate surface area is 90.7 Å². The molecule has 0 atom stereocenters. The minimum Gasteiger partial charge on any atom is -0.307 e. The summed E-state index contributed by atoms with van der Waals surface area (Å²) in [5.41, 5.74) is 0.994. The molecule has 1 aromatic rings. The number of halogens is 1. The number of nitrogens with one attached hydrogen (secondary N) is 1. The highest BCUT2D eigenvalue weighted by Crippen LogP contribution is 2.29. The first-order chi connectivity index (χ1) is 7.20. The van der Waals surface area contributed by atoms with Gasteiger partial charge < -0.3 is 5.32 Å². The smallest absolute Gasteiger partial charge is 0.127 e. The molecule has 2 heteroatoms. The molecule has 0 aromatic heterocycles. The van der Waals surface area contributed by atoms with E-state index in [9.17, 15) is 4.39 Å². The minimum absolute atomic E-state index is 0.105. The van der Waals surface area contributed by atoms with Gasteiger partial charge in [-0.1, -0.05) is 31.0 Å². The van der Waals surface area contributed by atoms with Crippen molar-refractivity contribution in [2.75, 3.05) is 0 Å². The van der Waals surface area contributed by atoms with Crippen LogP contribution < -0.4 is 5.32 Å². The summed E-state index contributed by atoms with van der Waals surface area (Å²) in [7, 11) is 0. The minimum atomic E-state index is -0.105. The Morgan fingerprint density at radius 1 is 1.27 bits per heavy atom. The fraction of sp³-hybridized carbons (Fsp3) is 0.538. The summed E-state index contributed by atoms with van der Waals surface area (Å²) in [6.45, 7) is 2.88. The molecule has 0 unspecified atom stereocenters. The quantitative estimate of drug-likeness (QED) is 0.802. The van der Waals surface area contributed by atoms with E-state index in [1.54, 1.807) is 6.07 Å². The third-order valence-electron chi connectivity index (χ3n) is 3.37. The molecule has 0 amide bonds. The second-order valence-electron chi connectivity index (χ2n) is 4.71. The van der Waals surface area contributed by atoms with E-state index in [-0.39, 0.29) is 11.4 Å². The molecule has 0 radical (unpaired) electrons. The fourth-order valence-corrected chi connectivity index (χ4v) is 2.28. The zero-order valence-corrected chi connectivity index (χ0v) is 9.22. The van der Waals surface area contributed by atoms with Gasteiger partial charge in [-0.05, 0) is 25.8 Å². The highest BCUT2D eigenvalue weighted by Gasteiger charge is 2.27.